The van der Waals surface area contributed by atoms with Gasteiger partial charge in [-0.1, -0.05) is 0 Å². The van der Waals surface area contributed by atoms with Crippen molar-refractivity contribution in [3.63, 3.8) is 0 Å². The fourth-order valence-corrected chi connectivity index (χ4v) is 2.29. The number of hydrogen-bond donors (Lipinski definition) is 1. The first-order valence-corrected chi connectivity index (χ1v) is 6.16. The summed E-state index contributed by atoms with van der Waals surface area (Å²) in [5, 5.41) is 8.60. The van der Waals surface area contributed by atoms with Crippen LogP contribution in [0, 0.1) is 11.3 Å². The van der Waals surface area contributed by atoms with Gasteiger partial charge in [-0.2, -0.15) is 5.26 Å². The number of hydrogen-bond acceptors (Lipinski definition) is 3. The normalized spacial score (nSPS) is 20.6. The Morgan fingerprint density at radius 3 is 3.18 bits per heavy atom. The molecule has 1 heterocycles. The molecule has 0 aliphatic heterocycles. The van der Waals surface area contributed by atoms with Crippen molar-refractivity contribution in [1.82, 2.24) is 4.57 Å². The van der Waals surface area contributed by atoms with Crippen LogP contribution in [0.3, 0.4) is 0 Å². The van der Waals surface area contributed by atoms with Crippen LogP contribution in [0.1, 0.15) is 36.9 Å². The van der Waals surface area contributed by atoms with E-state index in [1.165, 1.54) is 17.5 Å². The summed E-state index contributed by atoms with van der Waals surface area (Å²) < 4.78 is 7.47. The molecule has 0 fully saturated rings. The smallest absolute Gasteiger partial charge is 0.141 e. The zero-order valence-corrected chi connectivity index (χ0v) is 10.2. The Morgan fingerprint density at radius 1 is 1.65 bits per heavy atom. The standard InChI is InChI=1S/C13H19N3O/c1-10(7-14)17-6-5-16-8-11-3-2-4-13(15)12(11)9-16/h8-10,13H,2-6,15H2,1H3. The largest absolute Gasteiger partial charge is 0.362 e. The highest BCUT2D eigenvalue weighted by Crippen LogP contribution is 2.28. The van der Waals surface area contributed by atoms with Gasteiger partial charge in [0.25, 0.3) is 0 Å². The van der Waals surface area contributed by atoms with Crippen molar-refractivity contribution in [2.24, 2.45) is 5.73 Å². The monoisotopic (exact) mass is 233 g/mol. The summed E-state index contributed by atoms with van der Waals surface area (Å²) in [7, 11) is 0. The molecule has 92 valence electrons. The van der Waals surface area contributed by atoms with E-state index in [1.807, 2.05) is 0 Å². The molecule has 1 aromatic rings. The molecule has 0 amide bonds. The first-order chi connectivity index (χ1) is 8.20. The molecule has 0 aromatic carbocycles. The van der Waals surface area contributed by atoms with Gasteiger partial charge in [0.05, 0.1) is 12.7 Å². The van der Waals surface area contributed by atoms with Crippen molar-refractivity contribution < 1.29 is 4.74 Å². The first kappa shape index (κ1) is 12.2. The number of nitrogens with zero attached hydrogens (tertiary/aromatic N) is 2. The Bertz CT molecular complexity index is 419. The number of aryl methyl sites for hydroxylation is 1. The number of rotatable bonds is 4. The fourth-order valence-electron chi connectivity index (χ4n) is 2.29. The van der Waals surface area contributed by atoms with Crippen LogP contribution in [0.5, 0.6) is 0 Å². The van der Waals surface area contributed by atoms with Crippen molar-refractivity contribution >= 4 is 0 Å². The third kappa shape index (κ3) is 2.87. The van der Waals surface area contributed by atoms with Crippen molar-refractivity contribution in [3.8, 4) is 6.07 Å². The lowest BCUT2D eigenvalue weighted by Gasteiger charge is -2.17. The molecule has 2 unspecified atom stereocenters. The molecule has 2 N–H and O–H groups in total. The highest BCUT2D eigenvalue weighted by atomic mass is 16.5. The minimum atomic E-state index is -0.331. The summed E-state index contributed by atoms with van der Waals surface area (Å²) in [6, 6.07) is 2.25. The van der Waals surface area contributed by atoms with Gasteiger partial charge < -0.3 is 15.0 Å². The maximum Gasteiger partial charge on any atom is 0.141 e. The molecule has 4 nitrogen and oxygen atoms in total. The van der Waals surface area contributed by atoms with Crippen LogP contribution in [0.15, 0.2) is 12.4 Å². The van der Waals surface area contributed by atoms with Gasteiger partial charge in [0.15, 0.2) is 0 Å². The average molecular weight is 233 g/mol. The molecular formula is C13H19N3O. The first-order valence-electron chi connectivity index (χ1n) is 6.16. The highest BCUT2D eigenvalue weighted by molar-refractivity contribution is 5.29. The second-order valence-electron chi connectivity index (χ2n) is 4.62. The Hall–Kier alpha value is -1.31. The molecule has 1 aromatic heterocycles. The van der Waals surface area contributed by atoms with Crippen LogP contribution in [-0.2, 0) is 17.7 Å². The Labute approximate surface area is 102 Å². The van der Waals surface area contributed by atoms with Crippen LogP contribution in [-0.4, -0.2) is 17.3 Å². The van der Waals surface area contributed by atoms with Crippen molar-refractivity contribution in [2.75, 3.05) is 6.61 Å². The van der Waals surface area contributed by atoms with Crippen LogP contribution in [0.25, 0.3) is 0 Å². The van der Waals surface area contributed by atoms with Gasteiger partial charge in [0.2, 0.25) is 0 Å². The van der Waals surface area contributed by atoms with Gasteiger partial charge >= 0.3 is 0 Å². The second-order valence-corrected chi connectivity index (χ2v) is 4.62. The minimum Gasteiger partial charge on any atom is -0.362 e. The highest BCUT2D eigenvalue weighted by Gasteiger charge is 2.18. The molecule has 1 aliphatic rings. The SMILES string of the molecule is CC(C#N)OCCn1cc2c(c1)C(N)CCC2. The van der Waals surface area contributed by atoms with Crippen LogP contribution >= 0.6 is 0 Å². The Balaban J connectivity index is 1.92. The van der Waals surface area contributed by atoms with Gasteiger partial charge in [0, 0.05) is 25.0 Å². The fraction of sp³-hybridized carbons (Fsp3) is 0.615. The quantitative estimate of drug-likeness (QED) is 0.861. The minimum absolute atomic E-state index is 0.193. The zero-order chi connectivity index (χ0) is 12.3. The number of fused-ring (bicyclic) bond motifs is 1. The van der Waals surface area contributed by atoms with E-state index in [4.69, 9.17) is 15.7 Å². The number of nitriles is 1. The topological polar surface area (TPSA) is 64.0 Å². The molecule has 4 heteroatoms. The maximum absolute atomic E-state index is 8.60. The summed E-state index contributed by atoms with van der Waals surface area (Å²) in [6.45, 7) is 3.11. The van der Waals surface area contributed by atoms with Crippen molar-refractivity contribution in [2.45, 2.75) is 44.9 Å². The summed E-state index contributed by atoms with van der Waals surface area (Å²) in [6.07, 6.45) is 7.35. The molecule has 0 spiro atoms. The summed E-state index contributed by atoms with van der Waals surface area (Å²) >= 11 is 0. The lowest BCUT2D eigenvalue weighted by molar-refractivity contribution is 0.0953. The van der Waals surface area contributed by atoms with E-state index in [1.54, 1.807) is 6.92 Å². The van der Waals surface area contributed by atoms with E-state index in [0.717, 1.165) is 19.4 Å². The summed E-state index contributed by atoms with van der Waals surface area (Å²) in [5.41, 5.74) is 8.72. The van der Waals surface area contributed by atoms with Gasteiger partial charge in [-0.05, 0) is 37.3 Å². The lowest BCUT2D eigenvalue weighted by atomic mass is 9.92. The molecule has 2 rings (SSSR count). The average Bonchev–Trinajstić information content (AvgIpc) is 2.73. The molecular weight excluding hydrogens is 214 g/mol. The molecule has 1 aliphatic carbocycles. The number of nitrogens with two attached hydrogens (primary N) is 1. The van der Waals surface area contributed by atoms with Gasteiger partial charge in [-0.3, -0.25) is 0 Å². The van der Waals surface area contributed by atoms with Crippen molar-refractivity contribution in [1.29, 1.82) is 5.26 Å². The van der Waals surface area contributed by atoms with Gasteiger partial charge in [-0.15, -0.1) is 0 Å². The van der Waals surface area contributed by atoms with E-state index in [2.05, 4.69) is 23.0 Å². The van der Waals surface area contributed by atoms with Crippen LogP contribution in [0.2, 0.25) is 0 Å². The molecule has 0 radical (unpaired) electrons. The van der Waals surface area contributed by atoms with Crippen LogP contribution < -0.4 is 5.73 Å². The summed E-state index contributed by atoms with van der Waals surface area (Å²) in [5.74, 6) is 0. The summed E-state index contributed by atoms with van der Waals surface area (Å²) in [4.78, 5) is 0. The predicted octanol–water partition coefficient (Wildman–Crippen LogP) is 1.75. The van der Waals surface area contributed by atoms with Crippen LogP contribution in [0.4, 0.5) is 0 Å². The maximum atomic E-state index is 8.60. The van der Waals surface area contributed by atoms with Crippen molar-refractivity contribution in [3.05, 3.63) is 23.5 Å². The van der Waals surface area contributed by atoms with Gasteiger partial charge in [0.1, 0.15) is 6.10 Å². The third-order valence-corrected chi connectivity index (χ3v) is 3.26. The number of ether oxygens (including phenoxy) is 1. The van der Waals surface area contributed by atoms with E-state index in [-0.39, 0.29) is 12.1 Å². The van der Waals surface area contributed by atoms with E-state index in [9.17, 15) is 0 Å². The molecule has 0 saturated carbocycles. The Morgan fingerprint density at radius 2 is 2.47 bits per heavy atom. The van der Waals surface area contributed by atoms with E-state index in [0.29, 0.717) is 6.61 Å². The predicted molar refractivity (Wildman–Crippen MR) is 65.3 cm³/mol. The molecule has 0 saturated heterocycles. The number of aromatic nitrogens is 1. The van der Waals surface area contributed by atoms with E-state index < -0.39 is 0 Å². The van der Waals surface area contributed by atoms with E-state index >= 15 is 0 Å². The zero-order valence-electron chi connectivity index (χ0n) is 10.2. The second kappa shape index (κ2) is 5.35. The Kier molecular flexibility index (Phi) is 3.82. The third-order valence-electron chi connectivity index (χ3n) is 3.26. The molecule has 17 heavy (non-hydrogen) atoms. The van der Waals surface area contributed by atoms with Gasteiger partial charge in [-0.25, -0.2) is 0 Å². The molecule has 2 atom stereocenters. The lowest BCUT2D eigenvalue weighted by Crippen LogP contribution is -2.15. The molecule has 0 bridgehead atoms.